The Morgan fingerprint density at radius 1 is 0.451 bits per heavy atom. The number of hydrogen-bond donors (Lipinski definition) is 0. The fraction of sp³-hybridized carbons (Fsp3) is 0.500. The minimum Gasteiger partial charge on any atom is -0.747 e. The number of aromatic nitrogens is 3. The molecule has 1 aromatic rings. The number of esters is 3. The van der Waals surface area contributed by atoms with Crippen LogP contribution in [0.5, 0.6) is 0 Å². The van der Waals surface area contributed by atoms with E-state index in [9.17, 15) is 83.0 Å². The zero-order valence-corrected chi connectivity index (χ0v) is 42.1. The molecular formula is C18H15N3Na6O21S3. The summed E-state index contributed by atoms with van der Waals surface area (Å²) >= 11 is 0. The van der Waals surface area contributed by atoms with Gasteiger partial charge in [-0.05, 0) is 0 Å². The molecule has 252 valence electrons. The molecule has 24 nitrogen and oxygen atoms in total. The molecule has 3 unspecified atom stereocenters. The van der Waals surface area contributed by atoms with Gasteiger partial charge in [-0.3, -0.25) is 14.4 Å². The zero-order valence-electron chi connectivity index (χ0n) is 27.6. The first-order valence-electron chi connectivity index (χ1n) is 11.1. The van der Waals surface area contributed by atoms with Gasteiger partial charge < -0.3 is 57.6 Å². The summed E-state index contributed by atoms with van der Waals surface area (Å²) in [7, 11) is -16.9. The van der Waals surface area contributed by atoms with Crippen molar-refractivity contribution in [3.63, 3.8) is 0 Å². The second kappa shape index (κ2) is 28.9. The summed E-state index contributed by atoms with van der Waals surface area (Å²) in [5.41, 5.74) is 0. The third kappa shape index (κ3) is 25.4. The van der Waals surface area contributed by atoms with Crippen LogP contribution in [0, 0.1) is 0 Å². The molecule has 0 saturated heterocycles. The summed E-state index contributed by atoms with van der Waals surface area (Å²) in [6.07, 6.45) is -4.93. The Hall–Kier alpha value is 1.56. The SMILES string of the molecule is O=C([O-])CC(C(=O)OCc1nc(COC(=O)C(CC(=O)[O-])S(=O)(=O)[O-])nc(COC(=O)C(CC(=O)[O-])S(=O)(=O)[O-])n1)S(=O)(=O)[O-].[Na+].[Na+].[Na+].[Na+].[Na+].[Na+]. The number of nitrogens with zero attached hydrogens (tertiary/aromatic N) is 3. The molecule has 0 bridgehead atoms. The van der Waals surface area contributed by atoms with Gasteiger partial charge in [-0.1, -0.05) is 0 Å². The topological polar surface area (TPSA) is 410 Å². The van der Waals surface area contributed by atoms with E-state index < -0.39 is 138 Å². The van der Waals surface area contributed by atoms with E-state index in [1.165, 1.54) is 0 Å². The van der Waals surface area contributed by atoms with Gasteiger partial charge in [-0.2, -0.15) is 0 Å². The minimum absolute atomic E-state index is 0. The van der Waals surface area contributed by atoms with Crippen molar-refractivity contribution in [2.45, 2.75) is 54.8 Å². The van der Waals surface area contributed by atoms with Crippen LogP contribution in [0.15, 0.2) is 0 Å². The van der Waals surface area contributed by atoms with Crippen LogP contribution in [-0.2, 0) is 93.2 Å². The van der Waals surface area contributed by atoms with Gasteiger partial charge in [-0.15, -0.1) is 0 Å². The molecule has 3 atom stereocenters. The molecule has 0 aliphatic carbocycles. The second-order valence-corrected chi connectivity index (χ2v) is 12.7. The number of carbonyl (C=O) groups is 6. The van der Waals surface area contributed by atoms with Crippen LogP contribution < -0.4 is 193 Å². The van der Waals surface area contributed by atoms with Crippen molar-refractivity contribution in [1.82, 2.24) is 15.0 Å². The number of aliphatic carboxylic acids is 3. The monoisotopic (exact) mass is 843 g/mol. The van der Waals surface area contributed by atoms with E-state index >= 15 is 0 Å². The van der Waals surface area contributed by atoms with Crippen LogP contribution >= 0.6 is 0 Å². The fourth-order valence-electron chi connectivity index (χ4n) is 2.77. The Morgan fingerprint density at radius 3 is 0.765 bits per heavy atom. The molecule has 0 amide bonds. The van der Waals surface area contributed by atoms with Crippen molar-refractivity contribution in [2.24, 2.45) is 0 Å². The van der Waals surface area contributed by atoms with Gasteiger partial charge in [0, 0.05) is 37.2 Å². The second-order valence-electron chi connectivity index (χ2n) is 8.08. The van der Waals surface area contributed by atoms with E-state index in [0.717, 1.165) is 0 Å². The molecule has 33 heteroatoms. The summed E-state index contributed by atoms with van der Waals surface area (Å²) in [6.45, 7) is -3.77. The van der Waals surface area contributed by atoms with Crippen molar-refractivity contribution >= 4 is 66.2 Å². The average Bonchev–Trinajstić information content (AvgIpc) is 2.87. The molecule has 0 radical (unpaired) electrons. The number of carbonyl (C=O) groups excluding carboxylic acids is 6. The molecule has 0 saturated carbocycles. The Kier molecular flexibility index (Phi) is 36.5. The van der Waals surface area contributed by atoms with Gasteiger partial charge in [-0.25, -0.2) is 40.2 Å². The minimum atomic E-state index is -5.63. The van der Waals surface area contributed by atoms with Crippen LogP contribution in [0.2, 0.25) is 0 Å². The maximum absolute atomic E-state index is 12.0. The molecule has 0 N–H and O–H groups in total. The fourth-order valence-corrected chi connectivity index (χ4v) is 4.70. The Bertz CT molecular complexity index is 1490. The van der Waals surface area contributed by atoms with E-state index in [0.29, 0.717) is 0 Å². The first kappa shape index (κ1) is 64.5. The predicted octanol–water partition coefficient (Wildman–Crippen LogP) is -26.8. The molecule has 0 aliphatic heterocycles. The van der Waals surface area contributed by atoms with Gasteiger partial charge in [0.15, 0.2) is 53.0 Å². The van der Waals surface area contributed by atoms with Crippen LogP contribution in [0.25, 0.3) is 0 Å². The summed E-state index contributed by atoms with van der Waals surface area (Å²) in [5, 5.41) is 23.6. The van der Waals surface area contributed by atoms with E-state index in [1.54, 1.807) is 0 Å². The summed E-state index contributed by atoms with van der Waals surface area (Å²) in [6, 6.07) is 0. The Labute approximate surface area is 421 Å². The van der Waals surface area contributed by atoms with E-state index in [4.69, 9.17) is 0 Å². The van der Waals surface area contributed by atoms with Crippen LogP contribution in [0.1, 0.15) is 36.7 Å². The summed E-state index contributed by atoms with van der Waals surface area (Å²) in [5.74, 6) is -14.8. The largest absolute Gasteiger partial charge is 1.00 e. The number of ether oxygens (including phenoxy) is 3. The van der Waals surface area contributed by atoms with Gasteiger partial charge in [0.2, 0.25) is 0 Å². The van der Waals surface area contributed by atoms with Crippen molar-refractivity contribution in [1.29, 1.82) is 0 Å². The number of carboxylic acid groups (broad SMARTS) is 3. The van der Waals surface area contributed by atoms with Crippen LogP contribution in [-0.4, -0.2) is 105 Å². The quantitative estimate of drug-likeness (QED) is 0.0573. The predicted molar refractivity (Wildman–Crippen MR) is 119 cm³/mol. The molecular weight excluding hydrogens is 828 g/mol. The molecule has 0 aromatic carbocycles. The maximum atomic E-state index is 12.0. The van der Waals surface area contributed by atoms with Crippen molar-refractivity contribution in [3.05, 3.63) is 17.5 Å². The normalized spacial score (nSPS) is 12.3. The van der Waals surface area contributed by atoms with Gasteiger partial charge >= 0.3 is 195 Å². The van der Waals surface area contributed by atoms with E-state index in [1.807, 2.05) is 0 Å². The number of rotatable bonds is 18. The van der Waals surface area contributed by atoms with Crippen LogP contribution in [0.3, 0.4) is 0 Å². The van der Waals surface area contributed by atoms with Crippen molar-refractivity contribution in [2.75, 3.05) is 0 Å². The summed E-state index contributed by atoms with van der Waals surface area (Å²) < 4.78 is 114. The molecule has 1 heterocycles. The standard InChI is InChI=1S/C18H21N3O21S3.6Na/c22-13(23)1-7(43(31,32)33)16(28)40-4-10-19-11(5-41-17(29)8(2-14(24)25)44(34,35)36)21-12(20-10)6-42-18(30)9(3-15(26)27)45(37,38)39;;;;;;/h7-9H,1-6H2,(H,22,23)(H,24,25)(H,26,27)(H,31,32,33)(H,34,35,36)(H,37,38,39);;;;;;/q;6*+1/p-6. The smallest absolute Gasteiger partial charge is 0.747 e. The molecule has 0 fully saturated rings. The molecule has 0 aliphatic rings. The summed E-state index contributed by atoms with van der Waals surface area (Å²) in [4.78, 5) is 78.7. The third-order valence-electron chi connectivity index (χ3n) is 4.70. The maximum Gasteiger partial charge on any atom is 1.00 e. The number of hydrogen-bond acceptors (Lipinski definition) is 24. The molecule has 51 heavy (non-hydrogen) atoms. The Morgan fingerprint density at radius 2 is 0.627 bits per heavy atom. The number of carboxylic acids is 3. The van der Waals surface area contributed by atoms with Crippen molar-refractivity contribution in [3.8, 4) is 0 Å². The average molecular weight is 843 g/mol. The van der Waals surface area contributed by atoms with E-state index in [2.05, 4.69) is 29.2 Å². The zero-order chi connectivity index (χ0) is 34.9. The van der Waals surface area contributed by atoms with Gasteiger partial charge in [0.25, 0.3) is 0 Å². The van der Waals surface area contributed by atoms with Crippen LogP contribution in [0.4, 0.5) is 0 Å². The van der Waals surface area contributed by atoms with E-state index in [-0.39, 0.29) is 177 Å². The first-order chi connectivity index (χ1) is 20.4. The Balaban J connectivity index is -0.000000844. The third-order valence-corrected chi connectivity index (χ3v) is 7.86. The first-order valence-corrected chi connectivity index (χ1v) is 15.5. The molecule has 0 spiro atoms. The van der Waals surface area contributed by atoms with Crippen molar-refractivity contribution < 1.29 is 275 Å². The van der Waals surface area contributed by atoms with Gasteiger partial charge in [0.1, 0.15) is 30.4 Å². The molecule has 1 rings (SSSR count). The molecule has 1 aromatic heterocycles. The van der Waals surface area contributed by atoms with Gasteiger partial charge in [0.05, 0.1) is 0 Å².